The molecule has 3 N–H and O–H groups in total. The van der Waals surface area contributed by atoms with Crippen LogP contribution in [0, 0.1) is 5.82 Å². The van der Waals surface area contributed by atoms with Crippen molar-refractivity contribution < 1.29 is 18.4 Å². The lowest BCUT2D eigenvalue weighted by molar-refractivity contribution is 0.0993. The molecule has 0 saturated heterocycles. The van der Waals surface area contributed by atoms with Crippen molar-refractivity contribution in [3.05, 3.63) is 90.3 Å². The van der Waals surface area contributed by atoms with Gasteiger partial charge in [0.05, 0.1) is 23.8 Å². The fourth-order valence-corrected chi connectivity index (χ4v) is 2.78. The number of hydrogen-bond donors (Lipinski definition) is 3. The molecule has 0 bridgehead atoms. The van der Waals surface area contributed by atoms with Crippen molar-refractivity contribution >= 4 is 23.2 Å². The fraction of sp³-hybridized carbons (Fsp3) is 0. The summed E-state index contributed by atoms with van der Waals surface area (Å²) in [7, 11) is 0. The first-order valence-corrected chi connectivity index (χ1v) is 8.66. The van der Waals surface area contributed by atoms with E-state index in [0.717, 1.165) is 0 Å². The number of H-pyrrole nitrogens is 1. The van der Waals surface area contributed by atoms with Crippen LogP contribution in [0.3, 0.4) is 0 Å². The van der Waals surface area contributed by atoms with E-state index in [1.165, 1.54) is 30.7 Å². The number of amides is 2. The third kappa shape index (κ3) is 3.91. The van der Waals surface area contributed by atoms with E-state index in [1.807, 2.05) is 0 Å². The van der Waals surface area contributed by atoms with E-state index in [1.54, 1.807) is 42.5 Å². The molecular formula is C21H15FN4O3. The lowest BCUT2D eigenvalue weighted by atomic mass is 10.1. The van der Waals surface area contributed by atoms with Crippen LogP contribution in [0.5, 0.6) is 0 Å². The highest BCUT2D eigenvalue weighted by atomic mass is 19.1. The maximum atomic E-state index is 14.1. The fourth-order valence-electron chi connectivity index (χ4n) is 2.78. The van der Waals surface area contributed by atoms with Gasteiger partial charge in [0.2, 0.25) is 0 Å². The minimum absolute atomic E-state index is 0.160. The molecule has 2 aromatic carbocycles. The highest BCUT2D eigenvalue weighted by molar-refractivity contribution is 6.07. The van der Waals surface area contributed by atoms with Gasteiger partial charge in [-0.25, -0.2) is 4.39 Å². The average molecular weight is 390 g/mol. The second-order valence-electron chi connectivity index (χ2n) is 6.10. The van der Waals surface area contributed by atoms with E-state index in [-0.39, 0.29) is 5.76 Å². The second kappa shape index (κ2) is 7.81. The molecule has 0 saturated carbocycles. The number of nitrogens with one attached hydrogen (secondary N) is 3. The van der Waals surface area contributed by atoms with Gasteiger partial charge in [-0.15, -0.1) is 0 Å². The summed E-state index contributed by atoms with van der Waals surface area (Å²) in [5, 5.41) is 12.0. The largest absolute Gasteiger partial charge is 0.459 e. The van der Waals surface area contributed by atoms with Gasteiger partial charge in [-0.05, 0) is 42.5 Å². The van der Waals surface area contributed by atoms with Crippen molar-refractivity contribution in [3.8, 4) is 11.3 Å². The third-order valence-corrected chi connectivity index (χ3v) is 4.16. The number of halogens is 1. The SMILES string of the molecule is O=C(Nc1cn[nH]c1-c1ccccc1F)c1cccc(NC(=O)c2ccco2)c1. The maximum absolute atomic E-state index is 14.1. The van der Waals surface area contributed by atoms with E-state index in [0.29, 0.717) is 28.2 Å². The zero-order chi connectivity index (χ0) is 20.2. The van der Waals surface area contributed by atoms with Gasteiger partial charge in [0.25, 0.3) is 11.8 Å². The molecule has 2 amide bonds. The van der Waals surface area contributed by atoms with Crippen LogP contribution in [0.15, 0.2) is 77.5 Å². The first-order chi connectivity index (χ1) is 14.1. The van der Waals surface area contributed by atoms with Crippen molar-refractivity contribution in [1.82, 2.24) is 10.2 Å². The first-order valence-electron chi connectivity index (χ1n) is 8.66. The number of benzene rings is 2. The normalized spacial score (nSPS) is 10.5. The molecule has 0 aliphatic rings. The number of hydrogen-bond acceptors (Lipinski definition) is 4. The molecule has 29 heavy (non-hydrogen) atoms. The molecule has 0 aliphatic heterocycles. The first kappa shape index (κ1) is 18.2. The van der Waals surface area contributed by atoms with Crippen LogP contribution >= 0.6 is 0 Å². The van der Waals surface area contributed by atoms with Gasteiger partial charge < -0.3 is 15.1 Å². The summed E-state index contributed by atoms with van der Waals surface area (Å²) >= 11 is 0. The summed E-state index contributed by atoms with van der Waals surface area (Å²) in [6.45, 7) is 0. The predicted molar refractivity (Wildman–Crippen MR) is 105 cm³/mol. The lowest BCUT2D eigenvalue weighted by Crippen LogP contribution is -2.14. The average Bonchev–Trinajstić information content (AvgIpc) is 3.41. The van der Waals surface area contributed by atoms with Gasteiger partial charge in [0, 0.05) is 16.8 Å². The summed E-state index contributed by atoms with van der Waals surface area (Å²) in [6.07, 6.45) is 2.80. The minimum atomic E-state index is -0.435. The Bertz CT molecular complexity index is 1170. The van der Waals surface area contributed by atoms with E-state index >= 15 is 0 Å². The molecule has 4 rings (SSSR count). The van der Waals surface area contributed by atoms with Gasteiger partial charge >= 0.3 is 0 Å². The Balaban J connectivity index is 1.52. The Morgan fingerprint density at radius 2 is 1.83 bits per heavy atom. The van der Waals surface area contributed by atoms with Crippen LogP contribution < -0.4 is 10.6 Å². The predicted octanol–water partition coefficient (Wildman–Crippen LogP) is 4.31. The van der Waals surface area contributed by atoms with Crippen LogP contribution in [0.25, 0.3) is 11.3 Å². The molecule has 0 spiro atoms. The highest BCUT2D eigenvalue weighted by Crippen LogP contribution is 2.28. The van der Waals surface area contributed by atoms with Gasteiger partial charge in [-0.3, -0.25) is 14.7 Å². The van der Waals surface area contributed by atoms with Gasteiger partial charge in [-0.1, -0.05) is 18.2 Å². The summed E-state index contributed by atoms with van der Waals surface area (Å²) in [5.41, 5.74) is 1.73. The van der Waals surface area contributed by atoms with Crippen molar-refractivity contribution in [2.24, 2.45) is 0 Å². The second-order valence-corrected chi connectivity index (χ2v) is 6.10. The number of aromatic amines is 1. The number of nitrogens with zero attached hydrogens (tertiary/aromatic N) is 1. The molecule has 8 heteroatoms. The number of anilines is 2. The molecule has 7 nitrogen and oxygen atoms in total. The monoisotopic (exact) mass is 390 g/mol. The summed E-state index contributed by atoms with van der Waals surface area (Å²) in [5.74, 6) is -1.13. The van der Waals surface area contributed by atoms with Crippen LogP contribution in [0.4, 0.5) is 15.8 Å². The topological polar surface area (TPSA) is 100 Å². The Labute approximate surface area is 164 Å². The highest BCUT2D eigenvalue weighted by Gasteiger charge is 2.16. The smallest absolute Gasteiger partial charge is 0.291 e. The molecule has 2 heterocycles. The Morgan fingerprint density at radius 3 is 2.62 bits per heavy atom. The number of rotatable bonds is 5. The standard InChI is InChI=1S/C21H15FN4O3/c22-16-8-2-1-7-15(16)19-17(12-23-26-19)25-20(27)13-5-3-6-14(11-13)24-21(28)18-9-4-10-29-18/h1-12H,(H,23,26)(H,24,28)(H,25,27). The van der Waals surface area contributed by atoms with Crippen LogP contribution in [0.1, 0.15) is 20.9 Å². The molecule has 4 aromatic rings. The number of carbonyl (C=O) groups is 2. The number of furan rings is 1. The number of aromatic nitrogens is 2. The van der Waals surface area contributed by atoms with Crippen molar-refractivity contribution in [1.29, 1.82) is 0 Å². The lowest BCUT2D eigenvalue weighted by Gasteiger charge is -2.09. The Morgan fingerprint density at radius 1 is 0.966 bits per heavy atom. The van der Waals surface area contributed by atoms with Crippen molar-refractivity contribution in [2.45, 2.75) is 0 Å². The van der Waals surface area contributed by atoms with E-state index in [4.69, 9.17) is 4.42 Å². The zero-order valence-corrected chi connectivity index (χ0v) is 15.0. The molecule has 0 radical (unpaired) electrons. The van der Waals surface area contributed by atoms with Crippen LogP contribution in [0.2, 0.25) is 0 Å². The zero-order valence-electron chi connectivity index (χ0n) is 15.0. The van der Waals surface area contributed by atoms with E-state index in [2.05, 4.69) is 20.8 Å². The van der Waals surface area contributed by atoms with Crippen molar-refractivity contribution in [3.63, 3.8) is 0 Å². The van der Waals surface area contributed by atoms with Gasteiger partial charge in [-0.2, -0.15) is 5.10 Å². The maximum Gasteiger partial charge on any atom is 0.291 e. The van der Waals surface area contributed by atoms with E-state index < -0.39 is 17.6 Å². The van der Waals surface area contributed by atoms with Crippen molar-refractivity contribution in [2.75, 3.05) is 10.6 Å². The van der Waals surface area contributed by atoms with Gasteiger partial charge in [0.1, 0.15) is 5.82 Å². The molecule has 2 aromatic heterocycles. The molecule has 0 aliphatic carbocycles. The quantitative estimate of drug-likeness (QED) is 0.473. The van der Waals surface area contributed by atoms with Gasteiger partial charge in [0.15, 0.2) is 5.76 Å². The summed E-state index contributed by atoms with van der Waals surface area (Å²) in [4.78, 5) is 24.8. The molecule has 0 fully saturated rings. The van der Waals surface area contributed by atoms with Crippen LogP contribution in [-0.4, -0.2) is 22.0 Å². The summed E-state index contributed by atoms with van der Waals surface area (Å²) in [6, 6.07) is 15.7. The van der Waals surface area contributed by atoms with E-state index in [9.17, 15) is 14.0 Å². The number of carbonyl (C=O) groups excluding carboxylic acids is 2. The molecule has 0 atom stereocenters. The van der Waals surface area contributed by atoms with Crippen LogP contribution in [-0.2, 0) is 0 Å². The molecule has 0 unspecified atom stereocenters. The molecular weight excluding hydrogens is 375 g/mol. The molecule has 144 valence electrons. The third-order valence-electron chi connectivity index (χ3n) is 4.16. The Hall–Kier alpha value is -4.20. The minimum Gasteiger partial charge on any atom is -0.459 e. The summed E-state index contributed by atoms with van der Waals surface area (Å²) < 4.78 is 19.1. The Kier molecular flexibility index (Phi) is 4.90.